The van der Waals surface area contributed by atoms with Crippen molar-refractivity contribution in [1.29, 1.82) is 0 Å². The van der Waals surface area contributed by atoms with Crippen LogP contribution in [-0.4, -0.2) is 17.9 Å². The zero-order chi connectivity index (χ0) is 17.7. The zero-order valence-corrected chi connectivity index (χ0v) is 15.5. The van der Waals surface area contributed by atoms with E-state index in [0.717, 1.165) is 31.2 Å². The molecule has 2 N–H and O–H groups in total. The number of hydrogen-bond acceptors (Lipinski definition) is 2. The van der Waals surface area contributed by atoms with Gasteiger partial charge >= 0.3 is 0 Å². The Balaban J connectivity index is 2.03. The van der Waals surface area contributed by atoms with Crippen LogP contribution in [0, 0.1) is 12.3 Å². The fourth-order valence-electron chi connectivity index (χ4n) is 2.90. The second-order valence-corrected chi connectivity index (χ2v) is 7.64. The van der Waals surface area contributed by atoms with Crippen molar-refractivity contribution in [3.63, 3.8) is 0 Å². The van der Waals surface area contributed by atoms with E-state index in [2.05, 4.69) is 10.6 Å². The van der Waals surface area contributed by atoms with E-state index in [1.807, 2.05) is 13.0 Å². The lowest BCUT2D eigenvalue weighted by Gasteiger charge is -2.26. The lowest BCUT2D eigenvalue weighted by atomic mass is 9.90. The molecule has 24 heavy (non-hydrogen) atoms. The van der Waals surface area contributed by atoms with Crippen molar-refractivity contribution in [2.45, 2.75) is 65.3 Å². The highest BCUT2D eigenvalue weighted by Gasteiger charge is 2.37. The number of carbonyl (C=O) groups is 2. The summed E-state index contributed by atoms with van der Waals surface area (Å²) in [5, 5.41) is 6.46. The van der Waals surface area contributed by atoms with E-state index in [1.54, 1.807) is 26.0 Å². The van der Waals surface area contributed by atoms with Crippen LogP contribution in [0.5, 0.6) is 0 Å². The minimum atomic E-state index is -1.14. The van der Waals surface area contributed by atoms with Gasteiger partial charge in [0.15, 0.2) is 0 Å². The fourth-order valence-corrected chi connectivity index (χ4v) is 3.07. The van der Waals surface area contributed by atoms with Gasteiger partial charge in [-0.2, -0.15) is 0 Å². The van der Waals surface area contributed by atoms with E-state index in [-0.39, 0.29) is 17.9 Å². The van der Waals surface area contributed by atoms with E-state index in [0.29, 0.717) is 10.7 Å². The Morgan fingerprint density at radius 3 is 2.33 bits per heavy atom. The zero-order valence-electron chi connectivity index (χ0n) is 14.7. The minimum absolute atomic E-state index is 0.181. The Bertz CT molecular complexity index is 605. The highest BCUT2D eigenvalue weighted by Crippen LogP contribution is 2.25. The first kappa shape index (κ1) is 18.8. The molecule has 1 aliphatic rings. The largest absolute Gasteiger partial charge is 0.352 e. The number of amides is 2. The average Bonchev–Trinajstić information content (AvgIpc) is 2.79. The van der Waals surface area contributed by atoms with Crippen LogP contribution >= 0.6 is 11.6 Å². The predicted molar refractivity (Wildman–Crippen MR) is 98.2 cm³/mol. The number of hydrogen-bond donors (Lipinski definition) is 2. The smallest absolute Gasteiger partial charge is 0.239 e. The molecular formula is C19H27ClN2O2. The van der Waals surface area contributed by atoms with Gasteiger partial charge in [0.05, 0.1) is 0 Å². The molecule has 0 spiro atoms. The molecule has 0 radical (unpaired) electrons. The van der Waals surface area contributed by atoms with Gasteiger partial charge in [0.25, 0.3) is 0 Å². The third-order valence-corrected chi connectivity index (χ3v) is 5.01. The highest BCUT2D eigenvalue weighted by atomic mass is 35.5. The summed E-state index contributed by atoms with van der Waals surface area (Å²) in [4.78, 5) is 25.3. The molecule has 1 saturated carbocycles. The van der Waals surface area contributed by atoms with Crippen LogP contribution in [0.1, 0.15) is 57.9 Å². The molecule has 0 bridgehead atoms. The van der Waals surface area contributed by atoms with Crippen LogP contribution in [0.25, 0.3) is 0 Å². The number of halogens is 1. The van der Waals surface area contributed by atoms with Gasteiger partial charge in [0, 0.05) is 16.8 Å². The first-order chi connectivity index (χ1) is 11.3. The molecular weight excluding hydrogens is 324 g/mol. The van der Waals surface area contributed by atoms with Gasteiger partial charge in [-0.05, 0) is 51.3 Å². The average molecular weight is 351 g/mol. The normalized spacial score (nSPS) is 16.3. The van der Waals surface area contributed by atoms with E-state index in [4.69, 9.17) is 11.6 Å². The van der Waals surface area contributed by atoms with Gasteiger partial charge in [0.2, 0.25) is 11.8 Å². The second-order valence-electron chi connectivity index (χ2n) is 7.20. The number of nitrogens with one attached hydrogen (secondary N) is 2. The Labute approximate surface area is 149 Å². The lowest BCUT2D eigenvalue weighted by molar-refractivity contribution is -0.138. The number of aryl methyl sites for hydroxylation is 1. The molecule has 1 fully saturated rings. The van der Waals surface area contributed by atoms with Crippen LogP contribution < -0.4 is 10.6 Å². The molecule has 0 aliphatic heterocycles. The number of anilines is 1. The molecule has 2 amide bonds. The van der Waals surface area contributed by atoms with Crippen molar-refractivity contribution < 1.29 is 9.59 Å². The Morgan fingerprint density at radius 2 is 1.71 bits per heavy atom. The van der Waals surface area contributed by atoms with Crippen molar-refractivity contribution >= 4 is 29.1 Å². The van der Waals surface area contributed by atoms with E-state index < -0.39 is 5.41 Å². The number of rotatable bonds is 4. The molecule has 4 nitrogen and oxygen atoms in total. The maximum atomic E-state index is 12.6. The highest BCUT2D eigenvalue weighted by molar-refractivity contribution is 6.31. The van der Waals surface area contributed by atoms with Crippen molar-refractivity contribution in [3.8, 4) is 0 Å². The van der Waals surface area contributed by atoms with Crippen molar-refractivity contribution in [3.05, 3.63) is 28.8 Å². The molecule has 1 aromatic rings. The third kappa shape index (κ3) is 4.73. The van der Waals surface area contributed by atoms with Gasteiger partial charge in [-0.25, -0.2) is 0 Å². The van der Waals surface area contributed by atoms with Gasteiger partial charge in [0.1, 0.15) is 5.41 Å². The van der Waals surface area contributed by atoms with Crippen LogP contribution in [-0.2, 0) is 9.59 Å². The monoisotopic (exact) mass is 350 g/mol. The molecule has 1 aromatic carbocycles. The molecule has 0 aromatic heterocycles. The molecule has 5 heteroatoms. The van der Waals surface area contributed by atoms with Gasteiger partial charge < -0.3 is 10.6 Å². The maximum absolute atomic E-state index is 12.6. The van der Waals surface area contributed by atoms with Gasteiger partial charge in [-0.1, -0.05) is 43.4 Å². The quantitative estimate of drug-likeness (QED) is 0.622. The first-order valence-corrected chi connectivity index (χ1v) is 9.07. The van der Waals surface area contributed by atoms with Gasteiger partial charge in [-0.3, -0.25) is 9.59 Å². The van der Waals surface area contributed by atoms with E-state index >= 15 is 0 Å². The second kappa shape index (κ2) is 8.02. The van der Waals surface area contributed by atoms with Crippen molar-refractivity contribution in [2.24, 2.45) is 5.41 Å². The summed E-state index contributed by atoms with van der Waals surface area (Å²) in [5.41, 5.74) is 0.414. The van der Waals surface area contributed by atoms with Crippen LogP contribution in [0.15, 0.2) is 18.2 Å². The molecule has 0 unspecified atom stereocenters. The maximum Gasteiger partial charge on any atom is 0.239 e. The SMILES string of the molecule is Cc1ccc(Cl)cc1NC(=O)C(C)(C)C(=O)NC1CCCCCC1. The number of carbonyl (C=O) groups excluding carboxylic acids is 2. The van der Waals surface area contributed by atoms with Crippen LogP contribution in [0.3, 0.4) is 0 Å². The number of benzene rings is 1. The summed E-state index contributed by atoms with van der Waals surface area (Å²) in [6.45, 7) is 5.22. The standard InChI is InChI=1S/C19H27ClN2O2/c1-13-10-11-14(20)12-16(13)22-18(24)19(2,3)17(23)21-15-8-6-4-5-7-9-15/h10-12,15H,4-9H2,1-3H3,(H,21,23)(H,22,24). The molecule has 0 saturated heterocycles. The summed E-state index contributed by atoms with van der Waals surface area (Å²) < 4.78 is 0. The molecule has 2 rings (SSSR count). The van der Waals surface area contributed by atoms with E-state index in [9.17, 15) is 9.59 Å². The summed E-state index contributed by atoms with van der Waals surface area (Å²) in [5.74, 6) is -0.537. The molecule has 0 heterocycles. The van der Waals surface area contributed by atoms with Crippen LogP contribution in [0.2, 0.25) is 5.02 Å². The molecule has 1 aliphatic carbocycles. The first-order valence-electron chi connectivity index (χ1n) is 8.69. The van der Waals surface area contributed by atoms with Crippen LogP contribution in [0.4, 0.5) is 5.69 Å². The van der Waals surface area contributed by atoms with Crippen molar-refractivity contribution in [2.75, 3.05) is 5.32 Å². The fraction of sp³-hybridized carbons (Fsp3) is 0.579. The Morgan fingerprint density at radius 1 is 1.08 bits per heavy atom. The van der Waals surface area contributed by atoms with E-state index in [1.165, 1.54) is 12.8 Å². The third-order valence-electron chi connectivity index (χ3n) is 4.77. The minimum Gasteiger partial charge on any atom is -0.352 e. The summed E-state index contributed by atoms with van der Waals surface area (Å²) >= 11 is 5.99. The molecule has 0 atom stereocenters. The molecule has 132 valence electrons. The predicted octanol–water partition coefficient (Wildman–Crippen LogP) is 4.45. The summed E-state index contributed by atoms with van der Waals surface area (Å²) in [6.07, 6.45) is 6.72. The Hall–Kier alpha value is -1.55. The topological polar surface area (TPSA) is 58.2 Å². The van der Waals surface area contributed by atoms with Crippen molar-refractivity contribution in [1.82, 2.24) is 5.32 Å². The van der Waals surface area contributed by atoms with Gasteiger partial charge in [-0.15, -0.1) is 0 Å². The lowest BCUT2D eigenvalue weighted by Crippen LogP contribution is -2.48. The summed E-state index contributed by atoms with van der Waals surface area (Å²) in [7, 11) is 0. The summed E-state index contributed by atoms with van der Waals surface area (Å²) in [6, 6.07) is 5.50. The Kier molecular flexibility index (Phi) is 6.27.